The van der Waals surface area contributed by atoms with Crippen LogP contribution in [0.2, 0.25) is 0 Å². The van der Waals surface area contributed by atoms with E-state index in [1.807, 2.05) is 0 Å². The highest BCUT2D eigenvalue weighted by molar-refractivity contribution is 7.18. The first-order chi connectivity index (χ1) is 9.96. The highest BCUT2D eigenvalue weighted by atomic mass is 32.1. The van der Waals surface area contributed by atoms with E-state index in [-0.39, 0.29) is 31.1 Å². The average Bonchev–Trinajstić information content (AvgIpc) is 2.76. The fourth-order valence-electron chi connectivity index (χ4n) is 1.66. The lowest BCUT2D eigenvalue weighted by atomic mass is 10.1. The van der Waals surface area contributed by atoms with Crippen LogP contribution in [0.25, 0.3) is 0 Å². The Bertz CT molecular complexity index is 550. The summed E-state index contributed by atoms with van der Waals surface area (Å²) >= 11 is 1.02. The Labute approximate surface area is 127 Å². The predicted octanol–water partition coefficient (Wildman–Crippen LogP) is 2.76. The molecule has 1 amide bonds. The average molecular weight is 313 g/mol. The second kappa shape index (κ2) is 7.78. The van der Waals surface area contributed by atoms with Crippen molar-refractivity contribution in [3.05, 3.63) is 16.0 Å². The topological polar surface area (TPSA) is 81.7 Å². The Morgan fingerprint density at radius 3 is 2.14 bits per heavy atom. The summed E-state index contributed by atoms with van der Waals surface area (Å²) in [5.41, 5.74) is 0.676. The van der Waals surface area contributed by atoms with E-state index in [0.717, 1.165) is 11.3 Å². The third-order valence-corrected chi connectivity index (χ3v) is 3.85. The lowest BCUT2D eigenvalue weighted by Crippen LogP contribution is -2.13. The smallest absolute Gasteiger partial charge is 0.348 e. The zero-order valence-electron chi connectivity index (χ0n) is 12.6. The molecule has 0 fully saturated rings. The lowest BCUT2D eigenvalue weighted by molar-refractivity contribution is -0.115. The van der Waals surface area contributed by atoms with Gasteiger partial charge in [-0.15, -0.1) is 11.3 Å². The monoisotopic (exact) mass is 313 g/mol. The summed E-state index contributed by atoms with van der Waals surface area (Å²) in [5.74, 6) is -1.31. The molecule has 0 spiro atoms. The molecule has 0 aliphatic rings. The Morgan fingerprint density at radius 1 is 1.05 bits per heavy atom. The van der Waals surface area contributed by atoms with Crippen LogP contribution in [0.4, 0.5) is 5.00 Å². The van der Waals surface area contributed by atoms with Crippen LogP contribution in [-0.2, 0) is 14.3 Å². The molecule has 1 aromatic rings. The minimum absolute atomic E-state index is 0.212. The molecule has 1 rings (SSSR count). The summed E-state index contributed by atoms with van der Waals surface area (Å²) in [4.78, 5) is 35.8. The molecule has 0 aliphatic carbocycles. The molecule has 0 radical (unpaired) electrons. The number of hydrogen-bond acceptors (Lipinski definition) is 6. The van der Waals surface area contributed by atoms with Gasteiger partial charge in [0.15, 0.2) is 0 Å². The number of ether oxygens (including phenoxy) is 2. The van der Waals surface area contributed by atoms with Crippen molar-refractivity contribution in [3.8, 4) is 0 Å². The van der Waals surface area contributed by atoms with E-state index in [1.165, 1.54) is 0 Å². The minimum atomic E-state index is -0.562. The molecular formula is C14H19NO5S. The highest BCUT2D eigenvalue weighted by Crippen LogP contribution is 2.34. The number of esters is 2. The summed E-state index contributed by atoms with van der Waals surface area (Å²) < 4.78 is 9.94. The van der Waals surface area contributed by atoms with E-state index >= 15 is 0 Å². The maximum atomic E-state index is 12.0. The normalized spacial score (nSPS) is 10.1. The summed E-state index contributed by atoms with van der Waals surface area (Å²) in [5, 5.41) is 2.95. The largest absolute Gasteiger partial charge is 0.462 e. The lowest BCUT2D eigenvalue weighted by Gasteiger charge is -2.06. The van der Waals surface area contributed by atoms with Crippen LogP contribution in [0.1, 0.15) is 52.8 Å². The predicted molar refractivity (Wildman–Crippen MR) is 79.9 cm³/mol. The van der Waals surface area contributed by atoms with Crippen LogP contribution in [0.15, 0.2) is 0 Å². The van der Waals surface area contributed by atoms with Crippen molar-refractivity contribution in [2.75, 3.05) is 18.5 Å². The van der Waals surface area contributed by atoms with Crippen molar-refractivity contribution in [2.24, 2.45) is 0 Å². The Morgan fingerprint density at radius 2 is 1.62 bits per heavy atom. The van der Waals surface area contributed by atoms with Crippen molar-refractivity contribution in [3.63, 3.8) is 0 Å². The maximum absolute atomic E-state index is 12.0. The van der Waals surface area contributed by atoms with Crippen LogP contribution in [0.5, 0.6) is 0 Å². The first-order valence-corrected chi connectivity index (χ1v) is 7.55. The number of hydrogen-bond donors (Lipinski definition) is 1. The van der Waals surface area contributed by atoms with Crippen molar-refractivity contribution in [1.29, 1.82) is 0 Å². The molecule has 7 heteroatoms. The second-order valence-corrected chi connectivity index (χ2v) is 5.12. The van der Waals surface area contributed by atoms with Gasteiger partial charge in [0.2, 0.25) is 5.91 Å². The van der Waals surface area contributed by atoms with Gasteiger partial charge in [-0.25, -0.2) is 9.59 Å². The van der Waals surface area contributed by atoms with Gasteiger partial charge in [0, 0.05) is 6.42 Å². The Balaban J connectivity index is 3.26. The van der Waals surface area contributed by atoms with Gasteiger partial charge in [-0.2, -0.15) is 0 Å². The van der Waals surface area contributed by atoms with E-state index in [0.29, 0.717) is 15.4 Å². The van der Waals surface area contributed by atoms with Crippen molar-refractivity contribution >= 4 is 34.2 Å². The van der Waals surface area contributed by atoms with Crippen LogP contribution < -0.4 is 5.32 Å². The van der Waals surface area contributed by atoms with Gasteiger partial charge in [0.1, 0.15) is 9.88 Å². The molecule has 0 saturated carbocycles. The van der Waals surface area contributed by atoms with E-state index in [1.54, 1.807) is 27.7 Å². The molecule has 1 N–H and O–H groups in total. The van der Waals surface area contributed by atoms with Crippen LogP contribution >= 0.6 is 11.3 Å². The van der Waals surface area contributed by atoms with Gasteiger partial charge in [-0.3, -0.25) is 4.79 Å². The molecule has 1 heterocycles. The van der Waals surface area contributed by atoms with Crippen LogP contribution in [0, 0.1) is 6.92 Å². The molecule has 0 aliphatic heterocycles. The zero-order valence-corrected chi connectivity index (χ0v) is 13.4. The van der Waals surface area contributed by atoms with Gasteiger partial charge in [-0.05, 0) is 26.3 Å². The quantitative estimate of drug-likeness (QED) is 0.817. The number of thiophene rings is 1. The number of amides is 1. The summed E-state index contributed by atoms with van der Waals surface area (Å²) in [6.07, 6.45) is 0.272. The molecule has 6 nitrogen and oxygen atoms in total. The van der Waals surface area contributed by atoms with Gasteiger partial charge in [-0.1, -0.05) is 6.92 Å². The molecule has 0 aromatic carbocycles. The summed E-state index contributed by atoms with van der Waals surface area (Å²) in [7, 11) is 0. The zero-order chi connectivity index (χ0) is 16.0. The number of carbonyl (C=O) groups is 3. The van der Waals surface area contributed by atoms with Crippen molar-refractivity contribution in [2.45, 2.75) is 34.1 Å². The van der Waals surface area contributed by atoms with E-state index in [4.69, 9.17) is 9.47 Å². The molecule has 0 unspecified atom stereocenters. The fourth-order valence-corrected chi connectivity index (χ4v) is 2.76. The molecular weight excluding hydrogens is 294 g/mol. The SMILES string of the molecule is CCOC(=O)c1sc(NC(=O)CC)c(C(=O)OCC)c1C. The third-order valence-electron chi connectivity index (χ3n) is 2.66. The van der Waals surface area contributed by atoms with Gasteiger partial charge >= 0.3 is 11.9 Å². The van der Waals surface area contributed by atoms with Gasteiger partial charge in [0.25, 0.3) is 0 Å². The van der Waals surface area contributed by atoms with Crippen LogP contribution in [0.3, 0.4) is 0 Å². The van der Waals surface area contributed by atoms with E-state index in [2.05, 4.69) is 5.32 Å². The molecule has 0 atom stereocenters. The summed E-state index contributed by atoms with van der Waals surface area (Å²) in [6.45, 7) is 7.18. The second-order valence-electron chi connectivity index (χ2n) is 4.10. The number of carbonyl (C=O) groups excluding carboxylic acids is 3. The van der Waals surface area contributed by atoms with Gasteiger partial charge < -0.3 is 14.8 Å². The molecule has 21 heavy (non-hydrogen) atoms. The Hall–Kier alpha value is -1.89. The van der Waals surface area contributed by atoms with Crippen LogP contribution in [-0.4, -0.2) is 31.1 Å². The number of rotatable bonds is 6. The molecule has 0 bridgehead atoms. The fraction of sp³-hybridized carbons (Fsp3) is 0.500. The van der Waals surface area contributed by atoms with Crippen molar-refractivity contribution < 1.29 is 23.9 Å². The Kier molecular flexibility index (Phi) is 6.36. The molecule has 1 aromatic heterocycles. The van der Waals surface area contributed by atoms with E-state index in [9.17, 15) is 14.4 Å². The molecule has 116 valence electrons. The standard InChI is InChI=1S/C14H19NO5S/c1-5-9(16)15-12-10(13(17)19-6-2)8(4)11(21-12)14(18)20-7-3/h5-7H2,1-4H3,(H,15,16). The highest BCUT2D eigenvalue weighted by Gasteiger charge is 2.26. The van der Waals surface area contributed by atoms with Gasteiger partial charge in [0.05, 0.1) is 18.8 Å². The summed E-state index contributed by atoms with van der Waals surface area (Å²) in [6, 6.07) is 0. The maximum Gasteiger partial charge on any atom is 0.348 e. The number of anilines is 1. The minimum Gasteiger partial charge on any atom is -0.462 e. The first kappa shape index (κ1) is 17.2. The number of nitrogens with one attached hydrogen (secondary N) is 1. The van der Waals surface area contributed by atoms with Crippen molar-refractivity contribution in [1.82, 2.24) is 0 Å². The third kappa shape index (κ3) is 4.04. The van der Waals surface area contributed by atoms with E-state index < -0.39 is 11.9 Å². The first-order valence-electron chi connectivity index (χ1n) is 6.73. The molecule has 0 saturated heterocycles.